The van der Waals surface area contributed by atoms with E-state index in [1.54, 1.807) is 0 Å². The van der Waals surface area contributed by atoms with Crippen LogP contribution in [0.3, 0.4) is 0 Å². The van der Waals surface area contributed by atoms with Crippen LogP contribution in [0.25, 0.3) is 0 Å². The molecule has 0 saturated carbocycles. The van der Waals surface area contributed by atoms with Gasteiger partial charge in [-0.25, -0.2) is 4.99 Å². The Balaban J connectivity index is 3.09. The molecule has 1 unspecified atom stereocenters. The minimum absolute atomic E-state index is 0.156. The highest BCUT2D eigenvalue weighted by atomic mass is 31.0. The number of allylic oxidation sites excluding steroid dienone is 4. The van der Waals surface area contributed by atoms with E-state index in [0.29, 0.717) is 0 Å². The topological polar surface area (TPSA) is 12.4 Å². The van der Waals surface area contributed by atoms with Crippen molar-refractivity contribution in [3.8, 4) is 0 Å². The van der Waals surface area contributed by atoms with Crippen LogP contribution in [0, 0.1) is 5.41 Å². The summed E-state index contributed by atoms with van der Waals surface area (Å²) in [6, 6.07) is 0. The van der Waals surface area contributed by atoms with E-state index in [-0.39, 0.29) is 5.41 Å². The zero-order valence-corrected chi connectivity index (χ0v) is 10.5. The van der Waals surface area contributed by atoms with Crippen molar-refractivity contribution in [2.24, 2.45) is 10.4 Å². The Labute approximate surface area is 88.9 Å². The summed E-state index contributed by atoms with van der Waals surface area (Å²) in [6.45, 7) is 8.71. The minimum atomic E-state index is 0.156. The van der Waals surface area contributed by atoms with Crippen molar-refractivity contribution in [2.75, 3.05) is 6.16 Å². The molecule has 1 heterocycles. The van der Waals surface area contributed by atoms with Crippen molar-refractivity contribution in [2.45, 2.75) is 27.7 Å². The summed E-state index contributed by atoms with van der Waals surface area (Å²) in [4.78, 5) is 4.21. The average molecular weight is 207 g/mol. The first-order valence-corrected chi connectivity index (χ1v) is 5.68. The lowest BCUT2D eigenvalue weighted by molar-refractivity contribution is 0.515. The summed E-state index contributed by atoms with van der Waals surface area (Å²) in [5.41, 5.74) is 3.85. The molecule has 1 aliphatic heterocycles. The quantitative estimate of drug-likeness (QED) is 0.585. The number of rotatable bonds is 1. The van der Waals surface area contributed by atoms with Gasteiger partial charge in [-0.2, -0.15) is 0 Å². The summed E-state index contributed by atoms with van der Waals surface area (Å²) in [7, 11) is 2.71. The molecule has 1 nitrogen and oxygen atoms in total. The molecule has 0 radical (unpaired) electrons. The third-order valence-corrected chi connectivity index (χ3v) is 2.73. The monoisotopic (exact) mass is 207 g/mol. The highest BCUT2D eigenvalue weighted by Crippen LogP contribution is 2.29. The number of aliphatic imine (C=N–C) groups is 1. The van der Waals surface area contributed by atoms with E-state index in [2.05, 4.69) is 53.9 Å². The first kappa shape index (κ1) is 11.4. The SMILES string of the molecule is CC1=CC(C(C)(C)C)=CN=C=C1CP. The van der Waals surface area contributed by atoms with Crippen LogP contribution < -0.4 is 0 Å². The Bertz CT molecular complexity index is 347. The van der Waals surface area contributed by atoms with Gasteiger partial charge in [0.15, 0.2) is 0 Å². The van der Waals surface area contributed by atoms with E-state index in [1.165, 1.54) is 16.7 Å². The van der Waals surface area contributed by atoms with Crippen LogP contribution in [0.1, 0.15) is 27.7 Å². The van der Waals surface area contributed by atoms with Gasteiger partial charge in [-0.15, -0.1) is 9.24 Å². The lowest BCUT2D eigenvalue weighted by Gasteiger charge is -2.19. The van der Waals surface area contributed by atoms with Gasteiger partial charge in [0, 0.05) is 11.8 Å². The fourth-order valence-corrected chi connectivity index (χ4v) is 1.66. The molecule has 2 heteroatoms. The number of hydrogen-bond donors (Lipinski definition) is 0. The van der Waals surface area contributed by atoms with E-state index in [9.17, 15) is 0 Å². The molecule has 0 amide bonds. The highest BCUT2D eigenvalue weighted by molar-refractivity contribution is 7.16. The summed E-state index contributed by atoms with van der Waals surface area (Å²) in [6.07, 6.45) is 5.04. The number of nitrogens with zero attached hydrogens (tertiary/aromatic N) is 1. The van der Waals surface area contributed by atoms with Crippen molar-refractivity contribution in [3.05, 3.63) is 29.0 Å². The van der Waals surface area contributed by atoms with Crippen molar-refractivity contribution in [1.82, 2.24) is 0 Å². The second-order valence-corrected chi connectivity index (χ2v) is 4.99. The van der Waals surface area contributed by atoms with Gasteiger partial charge < -0.3 is 0 Å². The predicted molar refractivity (Wildman–Crippen MR) is 66.8 cm³/mol. The first-order valence-electron chi connectivity index (χ1n) is 4.86. The third-order valence-electron chi connectivity index (χ3n) is 2.32. The molecule has 0 N–H and O–H groups in total. The van der Waals surface area contributed by atoms with Gasteiger partial charge in [0.1, 0.15) is 0 Å². The second-order valence-electron chi connectivity index (χ2n) is 4.59. The summed E-state index contributed by atoms with van der Waals surface area (Å²) < 4.78 is 0. The highest BCUT2D eigenvalue weighted by Gasteiger charge is 2.16. The fraction of sp³-hybridized carbons (Fsp3) is 0.500. The van der Waals surface area contributed by atoms with Crippen molar-refractivity contribution in [1.29, 1.82) is 0 Å². The molecule has 0 aliphatic carbocycles. The largest absolute Gasteiger partial charge is 0.214 e. The zero-order chi connectivity index (χ0) is 10.8. The molecule has 0 spiro atoms. The maximum Gasteiger partial charge on any atom is 0.0405 e. The van der Waals surface area contributed by atoms with Crippen molar-refractivity contribution in [3.63, 3.8) is 0 Å². The Kier molecular flexibility index (Phi) is 3.48. The lowest BCUT2D eigenvalue weighted by atomic mass is 9.85. The van der Waals surface area contributed by atoms with Crippen molar-refractivity contribution >= 4 is 15.1 Å². The Morgan fingerprint density at radius 1 is 1.43 bits per heavy atom. The molecule has 0 bridgehead atoms. The van der Waals surface area contributed by atoms with Crippen LogP contribution in [0.2, 0.25) is 0 Å². The standard InChI is InChI=1S/C12H18NP/c1-9-5-11(12(2,3)4)7-13-6-10(9)8-14/h5,7H,8,14H2,1-4H3. The van der Waals surface area contributed by atoms with Crippen molar-refractivity contribution < 1.29 is 0 Å². The molecule has 1 rings (SSSR count). The third kappa shape index (κ3) is 2.67. The van der Waals surface area contributed by atoms with E-state index >= 15 is 0 Å². The second kappa shape index (κ2) is 4.26. The maximum absolute atomic E-state index is 4.21. The van der Waals surface area contributed by atoms with E-state index in [4.69, 9.17) is 0 Å². The lowest BCUT2D eigenvalue weighted by Crippen LogP contribution is -2.07. The zero-order valence-electron chi connectivity index (χ0n) is 9.39. The van der Waals surface area contributed by atoms with Crippen LogP contribution in [0.4, 0.5) is 0 Å². The van der Waals surface area contributed by atoms with Crippen LogP contribution >= 0.6 is 9.24 Å². The summed E-state index contributed by atoms with van der Waals surface area (Å²) in [5.74, 6) is 3.06. The fourth-order valence-electron chi connectivity index (χ4n) is 1.24. The van der Waals surface area contributed by atoms with Gasteiger partial charge in [-0.3, -0.25) is 0 Å². The van der Waals surface area contributed by atoms with Gasteiger partial charge in [-0.05, 0) is 35.5 Å². The molecule has 0 saturated heterocycles. The van der Waals surface area contributed by atoms with E-state index < -0.39 is 0 Å². The molecule has 0 aromatic heterocycles. The van der Waals surface area contributed by atoms with Crippen LogP contribution in [0.5, 0.6) is 0 Å². The number of hydrogen-bond acceptors (Lipinski definition) is 1. The normalized spacial score (nSPS) is 17.1. The van der Waals surface area contributed by atoms with E-state index in [1.807, 2.05) is 6.20 Å². The molecule has 0 fully saturated rings. The molecule has 14 heavy (non-hydrogen) atoms. The first-order chi connectivity index (χ1) is 6.45. The Morgan fingerprint density at radius 2 is 2.07 bits per heavy atom. The Morgan fingerprint density at radius 3 is 2.57 bits per heavy atom. The van der Waals surface area contributed by atoms with Crippen LogP contribution in [-0.4, -0.2) is 12.0 Å². The predicted octanol–water partition coefficient (Wildman–Crippen LogP) is 3.35. The maximum atomic E-state index is 4.21. The average Bonchev–Trinajstić information content (AvgIpc) is 2.25. The van der Waals surface area contributed by atoms with E-state index in [0.717, 1.165) is 6.16 Å². The van der Waals surface area contributed by atoms with Gasteiger partial charge in [0.05, 0.1) is 0 Å². The molecule has 76 valence electrons. The smallest absolute Gasteiger partial charge is 0.0405 e. The molecular formula is C12H18NP. The summed E-state index contributed by atoms with van der Waals surface area (Å²) in [5, 5.41) is 0. The van der Waals surface area contributed by atoms with Gasteiger partial charge in [0.2, 0.25) is 0 Å². The molecule has 0 aromatic carbocycles. The minimum Gasteiger partial charge on any atom is -0.214 e. The van der Waals surface area contributed by atoms with Crippen LogP contribution in [0.15, 0.2) is 34.0 Å². The summed E-state index contributed by atoms with van der Waals surface area (Å²) >= 11 is 0. The Hall–Kier alpha value is -0.640. The van der Waals surface area contributed by atoms with Gasteiger partial charge in [-0.1, -0.05) is 26.8 Å². The molecule has 1 aliphatic rings. The molecule has 1 atom stereocenters. The molecular weight excluding hydrogens is 189 g/mol. The van der Waals surface area contributed by atoms with Gasteiger partial charge in [0.25, 0.3) is 0 Å². The molecule has 0 aromatic rings. The van der Waals surface area contributed by atoms with Crippen LogP contribution in [-0.2, 0) is 0 Å². The van der Waals surface area contributed by atoms with Gasteiger partial charge >= 0.3 is 0 Å².